The fourth-order valence-electron chi connectivity index (χ4n) is 2.54. The molecule has 0 atom stereocenters. The summed E-state index contributed by atoms with van der Waals surface area (Å²) in [7, 11) is 3.20. The van der Waals surface area contributed by atoms with Crippen molar-refractivity contribution in [3.05, 3.63) is 56.5 Å². The SMILES string of the molecule is COCCOc1ccc(C(=O)NCCNC(=O)c2ccc(OCCOC)c(Br)c2)cc1Br. The van der Waals surface area contributed by atoms with Crippen molar-refractivity contribution in [1.82, 2.24) is 10.6 Å². The van der Waals surface area contributed by atoms with Crippen molar-refractivity contribution in [3.63, 3.8) is 0 Å². The lowest BCUT2D eigenvalue weighted by Gasteiger charge is -2.11. The fraction of sp³-hybridized carbons (Fsp3) is 0.364. The van der Waals surface area contributed by atoms with Crippen LogP contribution in [0.3, 0.4) is 0 Å². The first kappa shape index (κ1) is 26.1. The first-order valence-corrected chi connectivity index (χ1v) is 11.4. The maximum Gasteiger partial charge on any atom is 0.251 e. The van der Waals surface area contributed by atoms with Crippen molar-refractivity contribution in [1.29, 1.82) is 0 Å². The van der Waals surface area contributed by atoms with Gasteiger partial charge < -0.3 is 29.6 Å². The van der Waals surface area contributed by atoms with Gasteiger partial charge in [0.05, 0.1) is 22.2 Å². The predicted molar refractivity (Wildman–Crippen MR) is 128 cm³/mol. The average Bonchev–Trinajstić information content (AvgIpc) is 2.78. The van der Waals surface area contributed by atoms with Gasteiger partial charge in [-0.1, -0.05) is 0 Å². The smallest absolute Gasteiger partial charge is 0.251 e. The molecule has 8 nitrogen and oxygen atoms in total. The highest BCUT2D eigenvalue weighted by molar-refractivity contribution is 9.10. The van der Waals surface area contributed by atoms with E-state index in [1.807, 2.05) is 0 Å². The maximum absolute atomic E-state index is 12.3. The zero-order valence-electron chi connectivity index (χ0n) is 17.9. The molecule has 0 bridgehead atoms. The Bertz CT molecular complexity index is 836. The Morgan fingerprint density at radius 3 is 1.47 bits per heavy atom. The molecular weight excluding hydrogens is 548 g/mol. The van der Waals surface area contributed by atoms with Crippen molar-refractivity contribution >= 4 is 43.7 Å². The maximum atomic E-state index is 12.3. The molecule has 0 aliphatic heterocycles. The molecule has 0 unspecified atom stereocenters. The summed E-state index contributed by atoms with van der Waals surface area (Å²) in [6.07, 6.45) is 0. The van der Waals surface area contributed by atoms with Crippen LogP contribution >= 0.6 is 31.9 Å². The molecule has 0 saturated heterocycles. The van der Waals surface area contributed by atoms with Crippen molar-refractivity contribution in [2.45, 2.75) is 0 Å². The number of hydrogen-bond acceptors (Lipinski definition) is 6. The molecule has 32 heavy (non-hydrogen) atoms. The van der Waals surface area contributed by atoms with Gasteiger partial charge in [0.1, 0.15) is 24.7 Å². The van der Waals surface area contributed by atoms with E-state index in [1.54, 1.807) is 50.6 Å². The van der Waals surface area contributed by atoms with Crippen LogP contribution in [0.2, 0.25) is 0 Å². The van der Waals surface area contributed by atoms with E-state index in [-0.39, 0.29) is 24.9 Å². The zero-order chi connectivity index (χ0) is 23.3. The largest absolute Gasteiger partial charge is 0.490 e. The molecule has 0 saturated carbocycles. The minimum atomic E-state index is -0.247. The van der Waals surface area contributed by atoms with Crippen LogP contribution in [-0.2, 0) is 9.47 Å². The molecule has 2 N–H and O–H groups in total. The van der Waals surface area contributed by atoms with Crippen molar-refractivity contribution in [2.24, 2.45) is 0 Å². The lowest BCUT2D eigenvalue weighted by Crippen LogP contribution is -2.34. The van der Waals surface area contributed by atoms with E-state index in [9.17, 15) is 9.59 Å². The van der Waals surface area contributed by atoms with Gasteiger partial charge in [-0.3, -0.25) is 9.59 Å². The summed E-state index contributed by atoms with van der Waals surface area (Å²) in [5.41, 5.74) is 0.963. The molecule has 0 spiro atoms. The number of hydrogen-bond donors (Lipinski definition) is 2. The minimum absolute atomic E-state index is 0.247. The van der Waals surface area contributed by atoms with Crippen LogP contribution in [-0.4, -0.2) is 65.6 Å². The van der Waals surface area contributed by atoms with Crippen molar-refractivity contribution in [2.75, 3.05) is 53.7 Å². The second kappa shape index (κ2) is 14.1. The van der Waals surface area contributed by atoms with Gasteiger partial charge in [0.15, 0.2) is 0 Å². The van der Waals surface area contributed by atoms with Crippen LogP contribution in [0.15, 0.2) is 45.3 Å². The Morgan fingerprint density at radius 2 is 1.12 bits per heavy atom. The number of amides is 2. The van der Waals surface area contributed by atoms with Crippen LogP contribution in [0.1, 0.15) is 20.7 Å². The van der Waals surface area contributed by atoms with Crippen LogP contribution in [0.5, 0.6) is 11.5 Å². The molecule has 2 rings (SSSR count). The number of benzene rings is 2. The van der Waals surface area contributed by atoms with Gasteiger partial charge >= 0.3 is 0 Å². The van der Waals surface area contributed by atoms with Crippen LogP contribution in [0.4, 0.5) is 0 Å². The van der Waals surface area contributed by atoms with E-state index in [1.165, 1.54) is 0 Å². The molecular formula is C22H26Br2N2O6. The van der Waals surface area contributed by atoms with Crippen LogP contribution < -0.4 is 20.1 Å². The lowest BCUT2D eigenvalue weighted by atomic mass is 10.2. The first-order valence-electron chi connectivity index (χ1n) is 9.85. The molecule has 0 aliphatic rings. The quantitative estimate of drug-likeness (QED) is 0.357. The monoisotopic (exact) mass is 572 g/mol. The van der Waals surface area contributed by atoms with Gasteiger partial charge in [0.25, 0.3) is 11.8 Å². The van der Waals surface area contributed by atoms with Gasteiger partial charge in [-0.2, -0.15) is 0 Å². The Balaban J connectivity index is 1.78. The summed E-state index contributed by atoms with van der Waals surface area (Å²) in [6, 6.07) is 10.2. The molecule has 10 heteroatoms. The fourth-order valence-corrected chi connectivity index (χ4v) is 3.53. The summed E-state index contributed by atoms with van der Waals surface area (Å²) >= 11 is 6.80. The van der Waals surface area contributed by atoms with E-state index in [2.05, 4.69) is 42.5 Å². The van der Waals surface area contributed by atoms with Gasteiger partial charge in [-0.05, 0) is 68.3 Å². The first-order chi connectivity index (χ1) is 15.5. The molecule has 0 radical (unpaired) electrons. The van der Waals surface area contributed by atoms with E-state index < -0.39 is 0 Å². The lowest BCUT2D eigenvalue weighted by molar-refractivity contribution is 0.0927. The topological polar surface area (TPSA) is 95.1 Å². The second-order valence-corrected chi connectivity index (χ2v) is 8.19. The van der Waals surface area contributed by atoms with Gasteiger partial charge in [0, 0.05) is 38.4 Å². The summed E-state index contributed by atoms with van der Waals surface area (Å²) in [4.78, 5) is 24.7. The molecule has 0 fully saturated rings. The van der Waals surface area contributed by atoms with Crippen molar-refractivity contribution in [3.8, 4) is 11.5 Å². The Kier molecular flexibility index (Phi) is 11.5. The van der Waals surface area contributed by atoms with E-state index in [0.29, 0.717) is 58.0 Å². The summed E-state index contributed by atoms with van der Waals surface area (Å²) in [5.74, 6) is 0.770. The number of ether oxygens (including phenoxy) is 4. The third-order valence-corrected chi connectivity index (χ3v) is 5.41. The molecule has 0 heterocycles. The van der Waals surface area contributed by atoms with Crippen molar-refractivity contribution < 1.29 is 28.5 Å². The molecule has 0 aromatic heterocycles. The Labute approximate surface area is 204 Å². The van der Waals surface area contributed by atoms with Crippen LogP contribution in [0, 0.1) is 0 Å². The van der Waals surface area contributed by atoms with Gasteiger partial charge in [-0.25, -0.2) is 0 Å². The highest BCUT2D eigenvalue weighted by Gasteiger charge is 2.11. The Hall–Kier alpha value is -2.14. The second-order valence-electron chi connectivity index (χ2n) is 6.48. The molecule has 174 valence electrons. The number of carbonyl (C=O) groups excluding carboxylic acids is 2. The zero-order valence-corrected chi connectivity index (χ0v) is 21.1. The normalized spacial score (nSPS) is 10.5. The third-order valence-electron chi connectivity index (χ3n) is 4.17. The summed E-state index contributed by atoms with van der Waals surface area (Å²) in [6.45, 7) is 2.36. The molecule has 2 aromatic carbocycles. The van der Waals surface area contributed by atoms with Crippen LogP contribution in [0.25, 0.3) is 0 Å². The minimum Gasteiger partial charge on any atom is -0.490 e. The number of rotatable bonds is 13. The summed E-state index contributed by atoms with van der Waals surface area (Å²) in [5, 5.41) is 5.56. The van der Waals surface area contributed by atoms with Gasteiger partial charge in [0.2, 0.25) is 0 Å². The molecule has 0 aliphatic carbocycles. The van der Waals surface area contributed by atoms with E-state index in [0.717, 1.165) is 0 Å². The Morgan fingerprint density at radius 1 is 0.719 bits per heavy atom. The standard InChI is InChI=1S/C22H26Br2N2O6/c1-29-9-11-31-19-5-3-15(13-17(19)23)21(27)25-7-8-26-22(28)16-4-6-20(18(24)14-16)32-12-10-30-2/h3-6,13-14H,7-12H2,1-2H3,(H,25,27)(H,26,28). The van der Waals surface area contributed by atoms with Gasteiger partial charge in [-0.15, -0.1) is 0 Å². The molecule has 2 aromatic rings. The third kappa shape index (κ3) is 8.42. The molecule has 2 amide bonds. The number of carbonyl (C=O) groups is 2. The predicted octanol–water partition coefficient (Wildman–Crippen LogP) is 3.42. The highest BCUT2D eigenvalue weighted by atomic mass is 79.9. The number of nitrogens with one attached hydrogen (secondary N) is 2. The highest BCUT2D eigenvalue weighted by Crippen LogP contribution is 2.27. The average molecular weight is 574 g/mol. The number of methoxy groups -OCH3 is 2. The van der Waals surface area contributed by atoms with E-state index >= 15 is 0 Å². The summed E-state index contributed by atoms with van der Waals surface area (Å²) < 4.78 is 22.3. The number of halogens is 2. The van der Waals surface area contributed by atoms with E-state index in [4.69, 9.17) is 18.9 Å².